The highest BCUT2D eigenvalue weighted by molar-refractivity contribution is 5.95. The molecule has 1 amide bonds. The maximum atomic E-state index is 14.0. The summed E-state index contributed by atoms with van der Waals surface area (Å²) in [6.07, 6.45) is 0. The Balaban J connectivity index is 2.40. The third-order valence-electron chi connectivity index (χ3n) is 3.08. The molecular formula is C16H13F2NO3. The Hall–Kier alpha value is -2.76. The van der Waals surface area contributed by atoms with E-state index in [9.17, 15) is 18.4 Å². The molecule has 0 fully saturated rings. The Bertz CT molecular complexity index is 744. The van der Waals surface area contributed by atoms with E-state index in [0.717, 1.165) is 12.1 Å². The zero-order valence-electron chi connectivity index (χ0n) is 11.7. The molecule has 2 rings (SSSR count). The van der Waals surface area contributed by atoms with Gasteiger partial charge in [0.05, 0.1) is 11.1 Å². The third-order valence-corrected chi connectivity index (χ3v) is 3.08. The standard InChI is InChI=1S/C16H13F2NO3/c1-2-19-15(20)12-6-3-9(7-14(12)18)11-5-4-10(16(21)22)8-13(11)17/h3-8H,2H2,1H3,(H,19,20)(H,21,22). The normalized spacial score (nSPS) is 10.3. The second-order valence-corrected chi connectivity index (χ2v) is 4.55. The van der Waals surface area contributed by atoms with Gasteiger partial charge in [0.1, 0.15) is 11.6 Å². The molecular weight excluding hydrogens is 292 g/mol. The van der Waals surface area contributed by atoms with Crippen LogP contribution < -0.4 is 5.32 Å². The average Bonchev–Trinajstić information content (AvgIpc) is 2.47. The van der Waals surface area contributed by atoms with Crippen LogP contribution in [0.5, 0.6) is 0 Å². The molecule has 4 nitrogen and oxygen atoms in total. The minimum atomic E-state index is -1.25. The number of hydrogen-bond acceptors (Lipinski definition) is 2. The van der Waals surface area contributed by atoms with Crippen LogP contribution in [0.4, 0.5) is 8.78 Å². The summed E-state index contributed by atoms with van der Waals surface area (Å²) in [6.45, 7) is 2.08. The van der Waals surface area contributed by atoms with Gasteiger partial charge in [-0.25, -0.2) is 13.6 Å². The molecule has 2 aromatic rings. The minimum Gasteiger partial charge on any atom is -0.478 e. The van der Waals surface area contributed by atoms with Crippen molar-refractivity contribution in [3.05, 3.63) is 59.2 Å². The van der Waals surface area contributed by atoms with Crippen LogP contribution in [0.1, 0.15) is 27.6 Å². The first-order valence-corrected chi connectivity index (χ1v) is 6.55. The minimum absolute atomic E-state index is 0.0614. The van der Waals surface area contributed by atoms with Gasteiger partial charge in [-0.15, -0.1) is 0 Å². The Kier molecular flexibility index (Phi) is 4.50. The molecule has 0 aliphatic carbocycles. The molecule has 0 bridgehead atoms. The zero-order valence-corrected chi connectivity index (χ0v) is 11.7. The van der Waals surface area contributed by atoms with Gasteiger partial charge in [-0.05, 0) is 36.8 Å². The molecule has 0 radical (unpaired) electrons. The third kappa shape index (κ3) is 3.11. The van der Waals surface area contributed by atoms with Gasteiger partial charge >= 0.3 is 5.97 Å². The van der Waals surface area contributed by atoms with E-state index in [1.54, 1.807) is 6.92 Å². The van der Waals surface area contributed by atoms with Crippen LogP contribution in [0, 0.1) is 11.6 Å². The highest BCUT2D eigenvalue weighted by atomic mass is 19.1. The summed E-state index contributed by atoms with van der Waals surface area (Å²) in [6, 6.07) is 7.08. The Morgan fingerprint density at radius 1 is 1.09 bits per heavy atom. The SMILES string of the molecule is CCNC(=O)c1ccc(-c2ccc(C(=O)O)cc2F)cc1F. The summed E-state index contributed by atoms with van der Waals surface area (Å²) < 4.78 is 27.9. The zero-order chi connectivity index (χ0) is 16.3. The predicted octanol–water partition coefficient (Wildman–Crippen LogP) is 3.08. The lowest BCUT2D eigenvalue weighted by atomic mass is 10.0. The summed E-state index contributed by atoms with van der Waals surface area (Å²) in [5.41, 5.74) is -0.0415. The fourth-order valence-corrected chi connectivity index (χ4v) is 2.00. The van der Waals surface area contributed by atoms with Gasteiger partial charge in [-0.3, -0.25) is 4.79 Å². The van der Waals surface area contributed by atoms with Crippen molar-refractivity contribution in [1.82, 2.24) is 5.32 Å². The van der Waals surface area contributed by atoms with E-state index in [0.29, 0.717) is 6.54 Å². The summed E-state index contributed by atoms with van der Waals surface area (Å²) in [4.78, 5) is 22.4. The fourth-order valence-electron chi connectivity index (χ4n) is 2.00. The number of rotatable bonds is 4. The number of amides is 1. The molecule has 0 atom stereocenters. The van der Waals surface area contributed by atoms with E-state index in [-0.39, 0.29) is 22.3 Å². The van der Waals surface area contributed by atoms with Crippen LogP contribution in [0.25, 0.3) is 11.1 Å². The topological polar surface area (TPSA) is 66.4 Å². The van der Waals surface area contributed by atoms with E-state index in [4.69, 9.17) is 5.11 Å². The van der Waals surface area contributed by atoms with Crippen LogP contribution in [0.15, 0.2) is 36.4 Å². The highest BCUT2D eigenvalue weighted by Gasteiger charge is 2.14. The molecule has 6 heteroatoms. The fraction of sp³-hybridized carbons (Fsp3) is 0.125. The second-order valence-electron chi connectivity index (χ2n) is 4.55. The smallest absolute Gasteiger partial charge is 0.335 e. The van der Waals surface area contributed by atoms with Crippen LogP contribution in [0.2, 0.25) is 0 Å². The summed E-state index contributed by atoms with van der Waals surface area (Å²) in [5, 5.41) is 11.3. The molecule has 0 spiro atoms. The highest BCUT2D eigenvalue weighted by Crippen LogP contribution is 2.25. The maximum absolute atomic E-state index is 14.0. The lowest BCUT2D eigenvalue weighted by molar-refractivity contribution is 0.0696. The quantitative estimate of drug-likeness (QED) is 0.912. The van der Waals surface area contributed by atoms with Crippen LogP contribution >= 0.6 is 0 Å². The number of nitrogens with one attached hydrogen (secondary N) is 1. The van der Waals surface area contributed by atoms with Gasteiger partial charge in [-0.2, -0.15) is 0 Å². The molecule has 0 heterocycles. The molecule has 2 N–H and O–H groups in total. The number of carboxylic acids is 1. The van der Waals surface area contributed by atoms with Crippen molar-refractivity contribution in [2.45, 2.75) is 6.92 Å². The molecule has 0 unspecified atom stereocenters. The molecule has 0 aliphatic rings. The number of halogens is 2. The first-order chi connectivity index (χ1) is 10.4. The number of carbonyl (C=O) groups excluding carboxylic acids is 1. The molecule has 0 aliphatic heterocycles. The van der Waals surface area contributed by atoms with Gasteiger partial charge < -0.3 is 10.4 Å². The van der Waals surface area contributed by atoms with E-state index in [1.807, 2.05) is 0 Å². The average molecular weight is 305 g/mol. The number of benzene rings is 2. The van der Waals surface area contributed by atoms with E-state index < -0.39 is 23.5 Å². The number of carbonyl (C=O) groups is 2. The Morgan fingerprint density at radius 3 is 2.36 bits per heavy atom. The van der Waals surface area contributed by atoms with Gasteiger partial charge in [-0.1, -0.05) is 12.1 Å². The first kappa shape index (κ1) is 15.6. The first-order valence-electron chi connectivity index (χ1n) is 6.55. The summed E-state index contributed by atoms with van der Waals surface area (Å²) >= 11 is 0. The predicted molar refractivity (Wildman–Crippen MR) is 76.8 cm³/mol. The van der Waals surface area contributed by atoms with Crippen LogP contribution in [0.3, 0.4) is 0 Å². The number of hydrogen-bond donors (Lipinski definition) is 2. The number of carboxylic acid groups (broad SMARTS) is 1. The van der Waals surface area contributed by atoms with Crippen molar-refractivity contribution in [1.29, 1.82) is 0 Å². The van der Waals surface area contributed by atoms with Gasteiger partial charge in [0.2, 0.25) is 0 Å². The number of aromatic carboxylic acids is 1. The molecule has 0 saturated heterocycles. The second kappa shape index (κ2) is 6.34. The van der Waals surface area contributed by atoms with Gasteiger partial charge in [0.25, 0.3) is 5.91 Å². The van der Waals surface area contributed by atoms with Crippen LogP contribution in [-0.4, -0.2) is 23.5 Å². The lowest BCUT2D eigenvalue weighted by Gasteiger charge is -2.08. The maximum Gasteiger partial charge on any atom is 0.335 e. The van der Waals surface area contributed by atoms with E-state index in [2.05, 4.69) is 5.32 Å². The largest absolute Gasteiger partial charge is 0.478 e. The van der Waals surface area contributed by atoms with Crippen molar-refractivity contribution in [2.24, 2.45) is 0 Å². The Labute approximate surface area is 125 Å². The van der Waals surface area contributed by atoms with Crippen molar-refractivity contribution in [3.8, 4) is 11.1 Å². The van der Waals surface area contributed by atoms with Crippen LogP contribution in [-0.2, 0) is 0 Å². The van der Waals surface area contributed by atoms with Gasteiger partial charge in [0, 0.05) is 12.1 Å². The lowest BCUT2D eigenvalue weighted by Crippen LogP contribution is -2.23. The van der Waals surface area contributed by atoms with E-state index >= 15 is 0 Å². The summed E-state index contributed by atoms with van der Waals surface area (Å²) in [7, 11) is 0. The van der Waals surface area contributed by atoms with E-state index in [1.165, 1.54) is 24.3 Å². The molecule has 114 valence electrons. The monoisotopic (exact) mass is 305 g/mol. The molecule has 22 heavy (non-hydrogen) atoms. The molecule has 0 saturated carbocycles. The van der Waals surface area contributed by atoms with Crippen molar-refractivity contribution >= 4 is 11.9 Å². The van der Waals surface area contributed by atoms with Crippen molar-refractivity contribution in [2.75, 3.05) is 6.54 Å². The van der Waals surface area contributed by atoms with Crippen molar-refractivity contribution < 1.29 is 23.5 Å². The molecule has 2 aromatic carbocycles. The molecule has 0 aromatic heterocycles. The Morgan fingerprint density at radius 2 is 1.82 bits per heavy atom. The van der Waals surface area contributed by atoms with Gasteiger partial charge in [0.15, 0.2) is 0 Å². The van der Waals surface area contributed by atoms with Crippen molar-refractivity contribution in [3.63, 3.8) is 0 Å². The summed E-state index contributed by atoms with van der Waals surface area (Å²) in [5.74, 6) is -3.34.